The minimum atomic E-state index is -1.08. The van der Waals surface area contributed by atoms with Gasteiger partial charge in [-0.1, -0.05) is 41.5 Å². The number of carbonyl (C=O) groups excluding carboxylic acids is 2. The number of aliphatic carboxylic acids is 1. The zero-order chi connectivity index (χ0) is 23.1. The third-order valence-corrected chi connectivity index (χ3v) is 6.46. The molecule has 2 amide bonds. The van der Waals surface area contributed by atoms with Gasteiger partial charge in [0.2, 0.25) is 11.8 Å². The Hall–Kier alpha value is -1.85. The zero-order valence-corrected chi connectivity index (χ0v) is 19.9. The van der Waals surface area contributed by atoms with Crippen LogP contribution in [0.4, 0.5) is 0 Å². The SMILES string of the molecule is C/C(=C/C(=O)NCC1CCC(CNC(=O)C(C)(CC(C)(C)C)C(C)C)CC1)C(=O)O. The van der Waals surface area contributed by atoms with Crippen LogP contribution in [0.5, 0.6) is 0 Å². The molecule has 1 unspecified atom stereocenters. The van der Waals surface area contributed by atoms with Gasteiger partial charge in [0.05, 0.1) is 0 Å². The average Bonchev–Trinajstić information content (AvgIpc) is 2.63. The predicted molar refractivity (Wildman–Crippen MR) is 120 cm³/mol. The molecule has 1 aliphatic carbocycles. The largest absolute Gasteiger partial charge is 0.478 e. The number of nitrogens with one attached hydrogen (secondary N) is 2. The van der Waals surface area contributed by atoms with Gasteiger partial charge in [0.25, 0.3) is 0 Å². The van der Waals surface area contributed by atoms with Gasteiger partial charge in [-0.2, -0.15) is 0 Å². The Labute approximate surface area is 182 Å². The Morgan fingerprint density at radius 3 is 1.83 bits per heavy atom. The number of hydrogen-bond donors (Lipinski definition) is 3. The van der Waals surface area contributed by atoms with Crippen molar-refractivity contribution in [2.24, 2.45) is 28.6 Å². The number of amides is 2. The lowest BCUT2D eigenvalue weighted by atomic mass is 9.68. The third kappa shape index (κ3) is 8.49. The average molecular weight is 423 g/mol. The summed E-state index contributed by atoms with van der Waals surface area (Å²) >= 11 is 0. The van der Waals surface area contributed by atoms with Gasteiger partial charge in [0.1, 0.15) is 0 Å². The maximum Gasteiger partial charge on any atom is 0.331 e. The van der Waals surface area contributed by atoms with Crippen LogP contribution in [0.25, 0.3) is 0 Å². The van der Waals surface area contributed by atoms with Crippen LogP contribution in [0.1, 0.15) is 80.6 Å². The van der Waals surface area contributed by atoms with Crippen molar-refractivity contribution in [1.29, 1.82) is 0 Å². The van der Waals surface area contributed by atoms with Crippen LogP contribution in [0.3, 0.4) is 0 Å². The molecule has 1 atom stereocenters. The van der Waals surface area contributed by atoms with Crippen molar-refractivity contribution in [3.8, 4) is 0 Å². The monoisotopic (exact) mass is 422 g/mol. The highest BCUT2D eigenvalue weighted by molar-refractivity contribution is 5.97. The van der Waals surface area contributed by atoms with Crippen LogP contribution in [0, 0.1) is 28.6 Å². The quantitative estimate of drug-likeness (QED) is 0.486. The first kappa shape index (κ1) is 26.2. The van der Waals surface area contributed by atoms with Crippen LogP contribution in [0.15, 0.2) is 11.6 Å². The molecule has 1 aliphatic rings. The van der Waals surface area contributed by atoms with Crippen molar-refractivity contribution in [1.82, 2.24) is 10.6 Å². The molecule has 0 aliphatic heterocycles. The lowest BCUT2D eigenvalue weighted by Gasteiger charge is -2.38. The van der Waals surface area contributed by atoms with E-state index >= 15 is 0 Å². The molecular formula is C24H42N2O4. The Bertz CT molecular complexity index is 640. The van der Waals surface area contributed by atoms with E-state index < -0.39 is 5.97 Å². The van der Waals surface area contributed by atoms with E-state index in [0.29, 0.717) is 24.9 Å². The van der Waals surface area contributed by atoms with Crippen LogP contribution >= 0.6 is 0 Å². The molecule has 0 aromatic rings. The summed E-state index contributed by atoms with van der Waals surface area (Å²) in [5.74, 6) is -0.125. The van der Waals surface area contributed by atoms with Crippen molar-refractivity contribution in [2.75, 3.05) is 13.1 Å². The Morgan fingerprint density at radius 2 is 1.43 bits per heavy atom. The topological polar surface area (TPSA) is 95.5 Å². The van der Waals surface area contributed by atoms with E-state index in [1.165, 1.54) is 6.92 Å². The van der Waals surface area contributed by atoms with Gasteiger partial charge >= 0.3 is 5.97 Å². The zero-order valence-electron chi connectivity index (χ0n) is 19.9. The number of hydrogen-bond acceptors (Lipinski definition) is 3. The first-order chi connectivity index (χ1) is 13.7. The van der Waals surface area contributed by atoms with Crippen LogP contribution in [-0.4, -0.2) is 36.0 Å². The molecule has 172 valence electrons. The van der Waals surface area contributed by atoms with E-state index in [9.17, 15) is 14.4 Å². The molecule has 1 fully saturated rings. The first-order valence-electron chi connectivity index (χ1n) is 11.2. The van der Waals surface area contributed by atoms with Crippen molar-refractivity contribution >= 4 is 17.8 Å². The molecule has 1 saturated carbocycles. The van der Waals surface area contributed by atoms with Crippen LogP contribution in [-0.2, 0) is 14.4 Å². The molecule has 0 aromatic heterocycles. The summed E-state index contributed by atoms with van der Waals surface area (Å²) in [7, 11) is 0. The van der Waals surface area contributed by atoms with Gasteiger partial charge in [0.15, 0.2) is 0 Å². The smallest absolute Gasteiger partial charge is 0.331 e. The Morgan fingerprint density at radius 1 is 0.967 bits per heavy atom. The fourth-order valence-corrected chi connectivity index (χ4v) is 4.28. The second kappa shape index (κ2) is 11.0. The standard InChI is InChI=1S/C24H42N2O4/c1-16(2)24(7,15-23(4,5)6)22(30)26-14-19-10-8-18(9-11-19)13-25-20(27)12-17(3)21(28)29/h12,16,18-19H,8-11,13-15H2,1-7H3,(H,25,27)(H,26,30)(H,28,29)/b17-12-. The minimum absolute atomic E-state index is 0.0341. The maximum absolute atomic E-state index is 13.0. The van der Waals surface area contributed by atoms with Gasteiger partial charge in [0, 0.05) is 30.2 Å². The second-order valence-electron chi connectivity index (χ2n) is 10.8. The van der Waals surface area contributed by atoms with Crippen molar-refractivity contribution < 1.29 is 19.5 Å². The fraction of sp³-hybridized carbons (Fsp3) is 0.792. The highest BCUT2D eigenvalue weighted by Crippen LogP contribution is 2.39. The van der Waals surface area contributed by atoms with Crippen LogP contribution < -0.4 is 10.6 Å². The summed E-state index contributed by atoms with van der Waals surface area (Å²) in [6.07, 6.45) is 6.06. The highest BCUT2D eigenvalue weighted by atomic mass is 16.4. The summed E-state index contributed by atoms with van der Waals surface area (Å²) in [5, 5.41) is 14.9. The van der Waals surface area contributed by atoms with Crippen molar-refractivity contribution in [3.05, 3.63) is 11.6 Å². The molecule has 0 heterocycles. The fourth-order valence-electron chi connectivity index (χ4n) is 4.28. The molecule has 0 bridgehead atoms. The molecule has 3 N–H and O–H groups in total. The summed E-state index contributed by atoms with van der Waals surface area (Å²) in [6, 6.07) is 0. The first-order valence-corrected chi connectivity index (χ1v) is 11.2. The predicted octanol–water partition coefficient (Wildman–Crippen LogP) is 4.15. The van der Waals surface area contributed by atoms with Crippen LogP contribution in [0.2, 0.25) is 0 Å². The summed E-state index contributed by atoms with van der Waals surface area (Å²) in [4.78, 5) is 35.6. The lowest BCUT2D eigenvalue weighted by molar-refractivity contribution is -0.135. The van der Waals surface area contributed by atoms with E-state index in [0.717, 1.165) is 38.2 Å². The molecule has 0 saturated heterocycles. The molecule has 0 aromatic carbocycles. The van der Waals surface area contributed by atoms with E-state index in [2.05, 4.69) is 52.2 Å². The molecule has 30 heavy (non-hydrogen) atoms. The summed E-state index contributed by atoms with van der Waals surface area (Å²) in [5.41, 5.74) is -0.245. The number of carboxylic acids is 1. The molecule has 0 radical (unpaired) electrons. The Kier molecular flexibility index (Phi) is 9.57. The third-order valence-electron chi connectivity index (χ3n) is 6.46. The molecule has 1 rings (SSSR count). The Balaban J connectivity index is 2.44. The van der Waals surface area contributed by atoms with Gasteiger partial charge in [-0.05, 0) is 62.2 Å². The number of carbonyl (C=O) groups is 3. The molecule has 0 spiro atoms. The number of carboxylic acid groups (broad SMARTS) is 1. The summed E-state index contributed by atoms with van der Waals surface area (Å²) in [6.45, 7) is 15.6. The van der Waals surface area contributed by atoms with Gasteiger partial charge < -0.3 is 15.7 Å². The highest BCUT2D eigenvalue weighted by Gasteiger charge is 2.40. The van der Waals surface area contributed by atoms with E-state index in [4.69, 9.17) is 5.11 Å². The molecule has 6 heteroatoms. The lowest BCUT2D eigenvalue weighted by Crippen LogP contribution is -2.46. The molecule has 6 nitrogen and oxygen atoms in total. The summed E-state index contributed by atoms with van der Waals surface area (Å²) < 4.78 is 0. The van der Waals surface area contributed by atoms with Gasteiger partial charge in [-0.3, -0.25) is 9.59 Å². The minimum Gasteiger partial charge on any atom is -0.478 e. The second-order valence-corrected chi connectivity index (χ2v) is 10.8. The maximum atomic E-state index is 13.0. The van der Waals surface area contributed by atoms with Crippen molar-refractivity contribution in [2.45, 2.75) is 80.6 Å². The van der Waals surface area contributed by atoms with Crippen molar-refractivity contribution in [3.63, 3.8) is 0 Å². The normalized spacial score (nSPS) is 22.3. The number of rotatable bonds is 9. The van der Waals surface area contributed by atoms with E-state index in [1.54, 1.807) is 0 Å². The van der Waals surface area contributed by atoms with Gasteiger partial charge in [-0.25, -0.2) is 4.79 Å². The molecular weight excluding hydrogens is 380 g/mol. The van der Waals surface area contributed by atoms with Gasteiger partial charge in [-0.15, -0.1) is 0 Å². The van der Waals surface area contributed by atoms with E-state index in [-0.39, 0.29) is 34.1 Å². The van der Waals surface area contributed by atoms with E-state index in [1.807, 2.05) is 0 Å².